The van der Waals surface area contributed by atoms with E-state index in [1.807, 2.05) is 6.92 Å². The molecule has 118 valence electrons. The molecule has 1 aromatic carbocycles. The molecule has 2 amide bonds. The Kier molecular flexibility index (Phi) is 5.59. The van der Waals surface area contributed by atoms with Crippen molar-refractivity contribution in [2.45, 2.75) is 30.8 Å². The molecule has 0 unspecified atom stereocenters. The Bertz CT molecular complexity index is 583. The van der Waals surface area contributed by atoms with Gasteiger partial charge in [-0.05, 0) is 30.7 Å². The van der Waals surface area contributed by atoms with E-state index < -0.39 is 32.7 Å². The first kappa shape index (κ1) is 17.3. The zero-order valence-electron chi connectivity index (χ0n) is 11.2. The molecule has 5 nitrogen and oxygen atoms in total. The number of carbonyl (C=O) groups excluding carboxylic acids is 1. The lowest BCUT2D eigenvalue weighted by Gasteiger charge is -2.10. The Balaban J connectivity index is 2.77. The van der Waals surface area contributed by atoms with Crippen molar-refractivity contribution in [2.75, 3.05) is 6.54 Å². The minimum atomic E-state index is -4.55. The highest BCUT2D eigenvalue weighted by atomic mass is 32.2. The number of hydrogen-bond acceptors (Lipinski definition) is 3. The Hall–Kier alpha value is -1.77. The van der Waals surface area contributed by atoms with Crippen LogP contribution in [0.4, 0.5) is 18.0 Å². The summed E-state index contributed by atoms with van der Waals surface area (Å²) in [5.41, 5.74) is -0.964. The minimum Gasteiger partial charge on any atom is -0.337 e. The van der Waals surface area contributed by atoms with Gasteiger partial charge in [0.1, 0.15) is 0 Å². The van der Waals surface area contributed by atoms with Gasteiger partial charge in [0.05, 0.1) is 10.5 Å². The molecule has 0 radical (unpaired) electrons. The van der Waals surface area contributed by atoms with Crippen molar-refractivity contribution in [1.29, 1.82) is 0 Å². The van der Waals surface area contributed by atoms with Gasteiger partial charge in [-0.25, -0.2) is 17.9 Å². The van der Waals surface area contributed by atoms with Gasteiger partial charge in [-0.3, -0.25) is 0 Å². The lowest BCUT2D eigenvalue weighted by Crippen LogP contribution is -2.39. The molecule has 0 saturated heterocycles. The van der Waals surface area contributed by atoms with Gasteiger partial charge in [0.2, 0.25) is 0 Å². The van der Waals surface area contributed by atoms with E-state index in [9.17, 15) is 26.4 Å². The highest BCUT2D eigenvalue weighted by molar-refractivity contribution is 7.90. The Labute approximate surface area is 120 Å². The van der Waals surface area contributed by atoms with Crippen molar-refractivity contribution < 1.29 is 26.4 Å². The number of benzene rings is 1. The van der Waals surface area contributed by atoms with Gasteiger partial charge >= 0.3 is 12.2 Å². The number of sulfonamides is 1. The quantitative estimate of drug-likeness (QED) is 0.817. The molecule has 0 spiro atoms. The van der Waals surface area contributed by atoms with E-state index in [0.717, 1.165) is 18.6 Å². The first-order chi connectivity index (χ1) is 9.66. The summed E-state index contributed by atoms with van der Waals surface area (Å²) < 4.78 is 62.4. The van der Waals surface area contributed by atoms with Crippen molar-refractivity contribution in [1.82, 2.24) is 10.0 Å². The predicted molar refractivity (Wildman–Crippen MR) is 70.1 cm³/mol. The molecule has 0 atom stereocenters. The molecule has 21 heavy (non-hydrogen) atoms. The van der Waals surface area contributed by atoms with Crippen molar-refractivity contribution >= 4 is 16.1 Å². The molecule has 9 heteroatoms. The topological polar surface area (TPSA) is 75.3 Å². The fraction of sp³-hybridized carbons (Fsp3) is 0.417. The summed E-state index contributed by atoms with van der Waals surface area (Å²) in [7, 11) is -4.19. The molecule has 0 saturated carbocycles. The number of urea groups is 1. The highest BCUT2D eigenvalue weighted by Gasteiger charge is 2.30. The van der Waals surface area contributed by atoms with Gasteiger partial charge in [0.25, 0.3) is 10.0 Å². The maximum absolute atomic E-state index is 12.4. The normalized spacial score (nSPS) is 12.0. The van der Waals surface area contributed by atoms with Gasteiger partial charge in [0, 0.05) is 6.54 Å². The van der Waals surface area contributed by atoms with Crippen LogP contribution < -0.4 is 10.0 Å². The lowest BCUT2D eigenvalue weighted by atomic mass is 10.2. The summed E-state index contributed by atoms with van der Waals surface area (Å²) in [6.45, 7) is 2.21. The van der Waals surface area contributed by atoms with Crippen LogP contribution >= 0.6 is 0 Å². The average molecular weight is 324 g/mol. The lowest BCUT2D eigenvalue weighted by molar-refractivity contribution is -0.137. The number of unbranched alkanes of at least 4 members (excludes halogenated alkanes) is 1. The van der Waals surface area contributed by atoms with E-state index in [4.69, 9.17) is 0 Å². The second kappa shape index (κ2) is 6.79. The van der Waals surface area contributed by atoms with Gasteiger partial charge < -0.3 is 5.32 Å². The number of halogens is 3. The third kappa shape index (κ3) is 5.25. The number of hydrogen-bond donors (Lipinski definition) is 2. The fourth-order valence-electron chi connectivity index (χ4n) is 1.42. The van der Waals surface area contributed by atoms with E-state index in [-0.39, 0.29) is 0 Å². The summed E-state index contributed by atoms with van der Waals surface area (Å²) in [6.07, 6.45) is -3.03. The van der Waals surface area contributed by atoms with Gasteiger partial charge in [-0.15, -0.1) is 0 Å². The van der Waals surface area contributed by atoms with E-state index in [1.165, 1.54) is 0 Å². The Morgan fingerprint density at radius 3 is 2.24 bits per heavy atom. The van der Waals surface area contributed by atoms with E-state index >= 15 is 0 Å². The van der Waals surface area contributed by atoms with Crippen LogP contribution in [0.1, 0.15) is 25.3 Å². The number of alkyl halides is 3. The van der Waals surface area contributed by atoms with Crippen molar-refractivity contribution in [3.63, 3.8) is 0 Å². The summed E-state index contributed by atoms with van der Waals surface area (Å²) in [5, 5.41) is 2.34. The molecule has 0 heterocycles. The largest absolute Gasteiger partial charge is 0.416 e. The monoisotopic (exact) mass is 324 g/mol. The van der Waals surface area contributed by atoms with Crippen LogP contribution in [0.3, 0.4) is 0 Å². The molecular weight excluding hydrogens is 309 g/mol. The van der Waals surface area contributed by atoms with Crippen LogP contribution in [0.2, 0.25) is 0 Å². The van der Waals surface area contributed by atoms with E-state index in [1.54, 1.807) is 4.72 Å². The number of carbonyl (C=O) groups is 1. The van der Waals surface area contributed by atoms with Crippen LogP contribution in [-0.2, 0) is 16.2 Å². The molecule has 1 rings (SSSR count). The summed E-state index contributed by atoms with van der Waals surface area (Å²) in [6, 6.07) is 1.96. The Morgan fingerprint density at radius 2 is 1.76 bits per heavy atom. The van der Waals surface area contributed by atoms with Gasteiger partial charge in [0.15, 0.2) is 0 Å². The number of amides is 2. The molecular formula is C12H15F3N2O3S. The zero-order valence-corrected chi connectivity index (χ0v) is 12.0. The summed E-state index contributed by atoms with van der Waals surface area (Å²) in [5.74, 6) is 0. The molecule has 0 aliphatic carbocycles. The highest BCUT2D eigenvalue weighted by Crippen LogP contribution is 2.29. The smallest absolute Gasteiger partial charge is 0.337 e. The Morgan fingerprint density at radius 1 is 1.19 bits per heavy atom. The molecule has 0 aromatic heterocycles. The third-order valence-corrected chi connectivity index (χ3v) is 3.88. The van der Waals surface area contributed by atoms with E-state index in [2.05, 4.69) is 5.32 Å². The maximum atomic E-state index is 12.4. The van der Waals surface area contributed by atoms with Crippen LogP contribution in [-0.4, -0.2) is 21.0 Å². The average Bonchev–Trinajstić information content (AvgIpc) is 2.37. The fourth-order valence-corrected chi connectivity index (χ4v) is 2.35. The SMILES string of the molecule is CCCCNC(=O)NS(=O)(=O)c1ccc(C(F)(F)F)cc1. The predicted octanol–water partition coefficient (Wildman–Crippen LogP) is 2.49. The van der Waals surface area contributed by atoms with Crippen LogP contribution in [0.5, 0.6) is 0 Å². The van der Waals surface area contributed by atoms with Crippen LogP contribution in [0.15, 0.2) is 29.2 Å². The van der Waals surface area contributed by atoms with Crippen molar-refractivity contribution in [3.8, 4) is 0 Å². The minimum absolute atomic E-state index is 0.310. The van der Waals surface area contributed by atoms with Gasteiger partial charge in [-0.1, -0.05) is 13.3 Å². The van der Waals surface area contributed by atoms with Crippen molar-refractivity contribution in [2.24, 2.45) is 0 Å². The molecule has 0 aliphatic rings. The maximum Gasteiger partial charge on any atom is 0.416 e. The van der Waals surface area contributed by atoms with Gasteiger partial charge in [-0.2, -0.15) is 13.2 Å². The third-order valence-electron chi connectivity index (χ3n) is 2.53. The number of nitrogens with one attached hydrogen (secondary N) is 2. The van der Waals surface area contributed by atoms with Crippen molar-refractivity contribution in [3.05, 3.63) is 29.8 Å². The van der Waals surface area contributed by atoms with Crippen LogP contribution in [0.25, 0.3) is 0 Å². The molecule has 1 aromatic rings. The second-order valence-electron chi connectivity index (χ2n) is 4.24. The molecule has 2 N–H and O–H groups in total. The molecule has 0 aliphatic heterocycles. The summed E-state index contributed by atoms with van der Waals surface area (Å²) >= 11 is 0. The van der Waals surface area contributed by atoms with E-state index in [0.29, 0.717) is 25.1 Å². The first-order valence-electron chi connectivity index (χ1n) is 6.14. The molecule has 0 bridgehead atoms. The molecule has 0 fully saturated rings. The van der Waals surface area contributed by atoms with Crippen LogP contribution in [0, 0.1) is 0 Å². The standard InChI is InChI=1S/C12H15F3N2O3S/c1-2-3-8-16-11(18)17-21(19,20)10-6-4-9(5-7-10)12(13,14)15/h4-7H,2-3,8H2,1H3,(H2,16,17,18). The second-order valence-corrected chi connectivity index (χ2v) is 5.92. The summed E-state index contributed by atoms with van der Waals surface area (Å²) in [4.78, 5) is 10.9. The number of rotatable bonds is 5. The first-order valence-corrected chi connectivity index (χ1v) is 7.63. The zero-order chi connectivity index (χ0) is 16.1.